The SMILES string of the molecule is COCO[C@@H]([C@H](C)CCCO[Si](c1ccccc1)(c1ccccc1)C(C)(C)C)[C@@H](C)CCO. The molecule has 0 saturated carbocycles. The van der Waals surface area contributed by atoms with Crippen molar-refractivity contribution in [2.24, 2.45) is 11.8 Å². The first-order valence-electron chi connectivity index (χ1n) is 12.2. The maximum absolute atomic E-state index is 9.39. The van der Waals surface area contributed by atoms with E-state index in [1.165, 1.54) is 10.4 Å². The van der Waals surface area contributed by atoms with Gasteiger partial charge in [0.1, 0.15) is 6.79 Å². The molecule has 0 bridgehead atoms. The van der Waals surface area contributed by atoms with E-state index in [0.717, 1.165) is 19.3 Å². The van der Waals surface area contributed by atoms with Crippen LogP contribution in [0.1, 0.15) is 53.9 Å². The number of aliphatic hydroxyl groups is 1. The minimum atomic E-state index is -2.49. The van der Waals surface area contributed by atoms with E-state index in [-0.39, 0.29) is 30.5 Å². The molecule has 4 nitrogen and oxygen atoms in total. The van der Waals surface area contributed by atoms with E-state index in [0.29, 0.717) is 12.5 Å². The van der Waals surface area contributed by atoms with Crippen LogP contribution in [0.25, 0.3) is 0 Å². The Hall–Kier alpha value is -1.50. The summed E-state index contributed by atoms with van der Waals surface area (Å²) in [6.07, 6.45) is 2.76. The molecule has 0 amide bonds. The number of aliphatic hydroxyl groups excluding tert-OH is 1. The molecule has 2 aromatic carbocycles. The van der Waals surface area contributed by atoms with Crippen LogP contribution < -0.4 is 10.4 Å². The zero-order chi connectivity index (χ0) is 24.3. The summed E-state index contributed by atoms with van der Waals surface area (Å²) >= 11 is 0. The molecule has 184 valence electrons. The molecular weight excluding hydrogens is 428 g/mol. The van der Waals surface area contributed by atoms with E-state index >= 15 is 0 Å². The molecule has 1 N–H and O–H groups in total. The zero-order valence-corrected chi connectivity index (χ0v) is 22.4. The Balaban J connectivity index is 2.18. The van der Waals surface area contributed by atoms with Crippen LogP contribution in [0.4, 0.5) is 0 Å². The lowest BCUT2D eigenvalue weighted by atomic mass is 9.88. The minimum absolute atomic E-state index is 0.0128. The predicted molar refractivity (Wildman–Crippen MR) is 140 cm³/mol. The van der Waals surface area contributed by atoms with Gasteiger partial charge in [-0.15, -0.1) is 0 Å². The summed E-state index contributed by atoms with van der Waals surface area (Å²) in [5.74, 6) is 0.627. The van der Waals surface area contributed by atoms with Gasteiger partial charge < -0.3 is 19.0 Å². The summed E-state index contributed by atoms with van der Waals surface area (Å²) in [4.78, 5) is 0. The van der Waals surface area contributed by atoms with Gasteiger partial charge in [0, 0.05) is 20.3 Å². The lowest BCUT2D eigenvalue weighted by Gasteiger charge is -2.43. The van der Waals surface area contributed by atoms with Crippen molar-refractivity contribution in [1.82, 2.24) is 0 Å². The third-order valence-corrected chi connectivity index (χ3v) is 11.7. The van der Waals surface area contributed by atoms with Crippen LogP contribution in [-0.2, 0) is 13.9 Å². The maximum atomic E-state index is 9.39. The predicted octanol–water partition coefficient (Wildman–Crippen LogP) is 4.99. The van der Waals surface area contributed by atoms with E-state index in [9.17, 15) is 5.11 Å². The third kappa shape index (κ3) is 7.24. The van der Waals surface area contributed by atoms with Gasteiger partial charge in [-0.2, -0.15) is 0 Å². The normalized spacial score (nSPS) is 15.2. The molecule has 0 unspecified atom stereocenters. The van der Waals surface area contributed by atoms with Gasteiger partial charge in [0.05, 0.1) is 6.10 Å². The highest BCUT2D eigenvalue weighted by molar-refractivity contribution is 6.99. The third-order valence-electron chi connectivity index (χ3n) is 6.62. The Labute approximate surface area is 202 Å². The average Bonchev–Trinajstić information content (AvgIpc) is 2.80. The number of hydrogen-bond donors (Lipinski definition) is 1. The highest BCUT2D eigenvalue weighted by Gasteiger charge is 2.49. The van der Waals surface area contributed by atoms with Crippen molar-refractivity contribution in [3.05, 3.63) is 60.7 Å². The zero-order valence-electron chi connectivity index (χ0n) is 21.4. The van der Waals surface area contributed by atoms with Gasteiger partial charge in [-0.05, 0) is 46.5 Å². The maximum Gasteiger partial charge on any atom is 0.261 e. The molecular formula is C28H44O4Si. The fourth-order valence-electron chi connectivity index (χ4n) is 4.96. The van der Waals surface area contributed by atoms with Gasteiger partial charge in [0.2, 0.25) is 0 Å². The molecule has 2 aromatic rings. The number of methoxy groups -OCH3 is 1. The Kier molecular flexibility index (Phi) is 11.3. The van der Waals surface area contributed by atoms with Gasteiger partial charge in [0.25, 0.3) is 8.32 Å². The first-order valence-corrected chi connectivity index (χ1v) is 14.1. The summed E-state index contributed by atoms with van der Waals surface area (Å²) in [5.41, 5.74) is 0. The second-order valence-corrected chi connectivity index (χ2v) is 14.5. The molecule has 0 aliphatic heterocycles. The first-order chi connectivity index (χ1) is 15.8. The lowest BCUT2D eigenvalue weighted by Crippen LogP contribution is -2.66. The van der Waals surface area contributed by atoms with Crippen molar-refractivity contribution in [2.75, 3.05) is 27.1 Å². The largest absolute Gasteiger partial charge is 0.407 e. The fraction of sp³-hybridized carbons (Fsp3) is 0.571. The first kappa shape index (κ1) is 27.7. The molecule has 2 rings (SSSR count). The van der Waals surface area contributed by atoms with Crippen LogP contribution in [0.15, 0.2) is 60.7 Å². The molecule has 0 heterocycles. The van der Waals surface area contributed by atoms with E-state index in [1.54, 1.807) is 7.11 Å². The summed E-state index contributed by atoms with van der Waals surface area (Å²) in [7, 11) is -0.839. The van der Waals surface area contributed by atoms with Gasteiger partial charge in [-0.3, -0.25) is 0 Å². The van der Waals surface area contributed by atoms with Crippen LogP contribution in [0.2, 0.25) is 5.04 Å². The number of rotatable bonds is 14. The Morgan fingerprint density at radius 1 is 0.848 bits per heavy atom. The van der Waals surface area contributed by atoms with E-state index in [2.05, 4.69) is 95.3 Å². The van der Waals surface area contributed by atoms with Gasteiger partial charge in [-0.1, -0.05) is 95.3 Å². The molecule has 33 heavy (non-hydrogen) atoms. The Bertz CT molecular complexity index is 736. The van der Waals surface area contributed by atoms with Crippen LogP contribution in [0, 0.1) is 11.8 Å². The van der Waals surface area contributed by atoms with Crippen molar-refractivity contribution < 1.29 is 19.0 Å². The molecule has 0 aliphatic rings. The van der Waals surface area contributed by atoms with Gasteiger partial charge in [0.15, 0.2) is 0 Å². The molecule has 0 aliphatic carbocycles. The standard InChI is InChI=1S/C28H44O4Si/c1-23(27(31-22-30-6)24(2)19-20-29)14-13-21-32-33(28(3,4)5,25-15-9-7-10-16-25)26-17-11-8-12-18-26/h7-12,15-18,23-24,27,29H,13-14,19-22H2,1-6H3/t23-,24+,27+/m1/s1. The number of ether oxygens (including phenoxy) is 2. The lowest BCUT2D eigenvalue weighted by molar-refractivity contribution is -0.111. The smallest absolute Gasteiger partial charge is 0.261 e. The summed E-state index contributed by atoms with van der Waals surface area (Å²) in [6, 6.07) is 21.6. The van der Waals surface area contributed by atoms with Crippen molar-refractivity contribution in [1.29, 1.82) is 0 Å². The Morgan fingerprint density at radius 2 is 1.36 bits per heavy atom. The van der Waals surface area contributed by atoms with Crippen LogP contribution in [0.3, 0.4) is 0 Å². The van der Waals surface area contributed by atoms with Crippen LogP contribution in [0.5, 0.6) is 0 Å². The van der Waals surface area contributed by atoms with Crippen molar-refractivity contribution >= 4 is 18.7 Å². The quantitative estimate of drug-likeness (QED) is 0.239. The molecule has 0 radical (unpaired) electrons. The molecule has 3 atom stereocenters. The molecule has 0 aromatic heterocycles. The van der Waals surface area contributed by atoms with Crippen molar-refractivity contribution in [3.8, 4) is 0 Å². The van der Waals surface area contributed by atoms with E-state index in [1.807, 2.05) is 0 Å². The van der Waals surface area contributed by atoms with Crippen molar-refractivity contribution in [3.63, 3.8) is 0 Å². The molecule has 0 saturated heterocycles. The van der Waals surface area contributed by atoms with Gasteiger partial charge >= 0.3 is 0 Å². The highest BCUT2D eigenvalue weighted by atomic mass is 28.4. The summed E-state index contributed by atoms with van der Waals surface area (Å²) in [5, 5.41) is 12.0. The molecule has 0 spiro atoms. The minimum Gasteiger partial charge on any atom is -0.407 e. The second kappa shape index (κ2) is 13.4. The van der Waals surface area contributed by atoms with Crippen LogP contribution >= 0.6 is 0 Å². The second-order valence-electron chi connectivity index (χ2n) is 10.2. The topological polar surface area (TPSA) is 47.9 Å². The Morgan fingerprint density at radius 3 is 1.82 bits per heavy atom. The van der Waals surface area contributed by atoms with Gasteiger partial charge in [-0.25, -0.2) is 0 Å². The van der Waals surface area contributed by atoms with E-state index < -0.39 is 8.32 Å². The molecule has 0 fully saturated rings. The van der Waals surface area contributed by atoms with E-state index in [4.69, 9.17) is 13.9 Å². The monoisotopic (exact) mass is 472 g/mol. The van der Waals surface area contributed by atoms with Crippen molar-refractivity contribution in [2.45, 2.75) is 65.0 Å². The average molecular weight is 473 g/mol. The fourth-order valence-corrected chi connectivity index (χ4v) is 9.57. The number of hydrogen-bond acceptors (Lipinski definition) is 4. The highest BCUT2D eigenvalue weighted by Crippen LogP contribution is 2.37. The van der Waals surface area contributed by atoms with Crippen LogP contribution in [-0.4, -0.2) is 46.6 Å². The molecule has 5 heteroatoms. The summed E-state index contributed by atoms with van der Waals surface area (Å²) < 4.78 is 18.2. The number of benzene rings is 2. The summed E-state index contributed by atoms with van der Waals surface area (Å²) in [6.45, 7) is 12.5.